The molecule has 0 saturated carbocycles. The average molecular weight is 220 g/mol. The van der Waals surface area contributed by atoms with Gasteiger partial charge < -0.3 is 4.74 Å². The van der Waals surface area contributed by atoms with Crippen LogP contribution >= 0.6 is 0 Å². The fourth-order valence-electron chi connectivity index (χ4n) is 1.94. The lowest BCUT2D eigenvalue weighted by Crippen LogP contribution is -2.12. The van der Waals surface area contributed by atoms with Crippen molar-refractivity contribution in [1.82, 2.24) is 0 Å². The van der Waals surface area contributed by atoms with Crippen LogP contribution in [0.5, 0.6) is 5.75 Å². The summed E-state index contributed by atoms with van der Waals surface area (Å²) in [7, 11) is 0. The second kappa shape index (κ2) is 5.93. The third-order valence-corrected chi connectivity index (χ3v) is 3.04. The molecule has 1 aliphatic heterocycles. The van der Waals surface area contributed by atoms with Crippen LogP contribution in [0, 0.1) is 0 Å². The highest BCUT2D eigenvalue weighted by atomic mass is 16.5. The van der Waals surface area contributed by atoms with Gasteiger partial charge in [0.25, 0.3) is 0 Å². The zero-order valence-electron chi connectivity index (χ0n) is 11.2. The van der Waals surface area contributed by atoms with Crippen LogP contribution in [0.1, 0.15) is 64.0 Å². The van der Waals surface area contributed by atoms with Crippen LogP contribution in [0.3, 0.4) is 0 Å². The van der Waals surface area contributed by atoms with Gasteiger partial charge in [-0.05, 0) is 35.4 Å². The van der Waals surface area contributed by atoms with Gasteiger partial charge in [0.05, 0.1) is 6.61 Å². The van der Waals surface area contributed by atoms with E-state index in [1.807, 2.05) is 13.8 Å². The highest BCUT2D eigenvalue weighted by molar-refractivity contribution is 5.41. The molecule has 0 bridgehead atoms. The predicted molar refractivity (Wildman–Crippen MR) is 70.4 cm³/mol. The van der Waals surface area contributed by atoms with Crippen molar-refractivity contribution in [3.8, 4) is 5.75 Å². The number of hydrogen-bond donors (Lipinski definition) is 0. The number of fused-ring (bicyclic) bond motifs is 1. The zero-order valence-corrected chi connectivity index (χ0v) is 11.2. The average Bonchev–Trinajstić information content (AvgIpc) is 2.32. The van der Waals surface area contributed by atoms with E-state index in [1.54, 1.807) is 0 Å². The molecule has 1 heteroatoms. The maximum absolute atomic E-state index is 5.63. The number of rotatable bonds is 1. The zero-order chi connectivity index (χ0) is 12.1. The molecule has 0 N–H and O–H groups in total. The Hall–Kier alpha value is -0.980. The van der Waals surface area contributed by atoms with E-state index >= 15 is 0 Å². The first-order valence-electron chi connectivity index (χ1n) is 6.45. The lowest BCUT2D eigenvalue weighted by atomic mass is 9.91. The van der Waals surface area contributed by atoms with E-state index < -0.39 is 0 Å². The molecule has 1 aromatic carbocycles. The molecule has 0 amide bonds. The van der Waals surface area contributed by atoms with Crippen molar-refractivity contribution >= 4 is 0 Å². The van der Waals surface area contributed by atoms with Crippen molar-refractivity contribution in [2.45, 2.75) is 52.9 Å². The summed E-state index contributed by atoms with van der Waals surface area (Å²) in [5, 5.41) is 0. The molecule has 1 heterocycles. The molecule has 2 rings (SSSR count). The van der Waals surface area contributed by atoms with Crippen LogP contribution in [-0.4, -0.2) is 6.61 Å². The van der Waals surface area contributed by atoms with Crippen LogP contribution in [0.2, 0.25) is 0 Å². The molecule has 1 aliphatic rings. The Labute approximate surface area is 99.8 Å². The minimum atomic E-state index is 0.606. The molecule has 16 heavy (non-hydrogen) atoms. The molecular weight excluding hydrogens is 196 g/mol. The standard InChI is InChI=1S/C13H18O.C2H6/c1-9(2)11-4-5-13-12(8-11)10(3)6-7-14-13;1-2/h4-5,8-10H,6-7H2,1-3H3;1-2H3. The van der Waals surface area contributed by atoms with Crippen molar-refractivity contribution in [2.75, 3.05) is 6.61 Å². The van der Waals surface area contributed by atoms with Gasteiger partial charge in [-0.25, -0.2) is 0 Å². The van der Waals surface area contributed by atoms with E-state index in [4.69, 9.17) is 4.74 Å². The fourth-order valence-corrected chi connectivity index (χ4v) is 1.94. The topological polar surface area (TPSA) is 9.23 Å². The molecule has 1 atom stereocenters. The SMILES string of the molecule is CC.CC(C)c1ccc2c(c1)C(C)CCO2. The Balaban J connectivity index is 0.000000606. The van der Waals surface area contributed by atoms with Crippen LogP contribution in [0.4, 0.5) is 0 Å². The Morgan fingerprint density at radius 1 is 1.25 bits per heavy atom. The summed E-state index contributed by atoms with van der Waals surface area (Å²) in [5.41, 5.74) is 2.81. The van der Waals surface area contributed by atoms with Crippen molar-refractivity contribution in [3.63, 3.8) is 0 Å². The van der Waals surface area contributed by atoms with Gasteiger partial charge in [0.1, 0.15) is 5.75 Å². The quantitative estimate of drug-likeness (QED) is 0.665. The predicted octanol–water partition coefficient (Wildman–Crippen LogP) is 4.72. The van der Waals surface area contributed by atoms with Crippen molar-refractivity contribution in [3.05, 3.63) is 29.3 Å². The fraction of sp³-hybridized carbons (Fsp3) is 0.600. The summed E-state index contributed by atoms with van der Waals surface area (Å²) in [5.74, 6) is 2.35. The third-order valence-electron chi connectivity index (χ3n) is 3.04. The van der Waals surface area contributed by atoms with Crippen LogP contribution in [0.25, 0.3) is 0 Å². The van der Waals surface area contributed by atoms with E-state index in [-0.39, 0.29) is 0 Å². The Morgan fingerprint density at radius 2 is 1.94 bits per heavy atom. The van der Waals surface area contributed by atoms with E-state index in [0.29, 0.717) is 11.8 Å². The molecule has 0 spiro atoms. The van der Waals surface area contributed by atoms with Gasteiger partial charge in [-0.2, -0.15) is 0 Å². The van der Waals surface area contributed by atoms with E-state index in [9.17, 15) is 0 Å². The molecule has 0 radical (unpaired) electrons. The summed E-state index contributed by atoms with van der Waals surface area (Å²) < 4.78 is 5.63. The number of benzene rings is 1. The largest absolute Gasteiger partial charge is 0.493 e. The minimum absolute atomic E-state index is 0.606. The normalized spacial score (nSPS) is 18.2. The number of ether oxygens (including phenoxy) is 1. The lowest BCUT2D eigenvalue weighted by molar-refractivity contribution is 0.272. The van der Waals surface area contributed by atoms with Crippen LogP contribution in [0.15, 0.2) is 18.2 Å². The van der Waals surface area contributed by atoms with Crippen LogP contribution in [-0.2, 0) is 0 Å². The lowest BCUT2D eigenvalue weighted by Gasteiger charge is -2.24. The molecule has 1 nitrogen and oxygen atoms in total. The van der Waals surface area contributed by atoms with Gasteiger partial charge in [-0.3, -0.25) is 0 Å². The maximum atomic E-state index is 5.63. The molecule has 0 saturated heterocycles. The van der Waals surface area contributed by atoms with Gasteiger partial charge in [0.15, 0.2) is 0 Å². The Kier molecular flexibility index (Phi) is 4.85. The molecule has 1 aromatic rings. The summed E-state index contributed by atoms with van der Waals surface area (Å²) in [6.07, 6.45) is 1.15. The number of hydrogen-bond acceptors (Lipinski definition) is 1. The van der Waals surface area contributed by atoms with E-state index in [1.165, 1.54) is 11.1 Å². The molecule has 0 aliphatic carbocycles. The molecule has 0 fully saturated rings. The highest BCUT2D eigenvalue weighted by Crippen LogP contribution is 2.35. The summed E-state index contributed by atoms with van der Waals surface area (Å²) >= 11 is 0. The monoisotopic (exact) mass is 220 g/mol. The third kappa shape index (κ3) is 2.78. The molecule has 90 valence electrons. The van der Waals surface area contributed by atoms with Gasteiger partial charge in [-0.1, -0.05) is 46.8 Å². The summed E-state index contributed by atoms with van der Waals surface area (Å²) in [6, 6.07) is 6.62. The smallest absolute Gasteiger partial charge is 0.122 e. The van der Waals surface area contributed by atoms with E-state index in [2.05, 4.69) is 39.0 Å². The highest BCUT2D eigenvalue weighted by Gasteiger charge is 2.18. The first-order chi connectivity index (χ1) is 7.68. The Bertz CT molecular complexity index is 328. The Morgan fingerprint density at radius 3 is 2.56 bits per heavy atom. The maximum Gasteiger partial charge on any atom is 0.122 e. The van der Waals surface area contributed by atoms with E-state index in [0.717, 1.165) is 18.8 Å². The molecule has 0 aromatic heterocycles. The summed E-state index contributed by atoms with van der Waals surface area (Å²) in [6.45, 7) is 11.6. The first-order valence-corrected chi connectivity index (χ1v) is 6.45. The van der Waals surface area contributed by atoms with Crippen LogP contribution < -0.4 is 4.74 Å². The molecule has 1 unspecified atom stereocenters. The van der Waals surface area contributed by atoms with Crippen molar-refractivity contribution < 1.29 is 4.74 Å². The van der Waals surface area contributed by atoms with Gasteiger partial charge in [0.2, 0.25) is 0 Å². The van der Waals surface area contributed by atoms with Crippen molar-refractivity contribution in [1.29, 1.82) is 0 Å². The second-order valence-electron chi connectivity index (χ2n) is 4.49. The van der Waals surface area contributed by atoms with Crippen molar-refractivity contribution in [2.24, 2.45) is 0 Å². The summed E-state index contributed by atoms with van der Waals surface area (Å²) in [4.78, 5) is 0. The second-order valence-corrected chi connectivity index (χ2v) is 4.49. The minimum Gasteiger partial charge on any atom is -0.493 e. The van der Waals surface area contributed by atoms with Gasteiger partial charge in [0, 0.05) is 0 Å². The van der Waals surface area contributed by atoms with Gasteiger partial charge in [-0.15, -0.1) is 0 Å². The van der Waals surface area contributed by atoms with Gasteiger partial charge >= 0.3 is 0 Å². The first kappa shape index (κ1) is 13.1. The molecular formula is C15H24O.